The molecule has 1 aliphatic rings. The van der Waals surface area contributed by atoms with E-state index in [1.165, 1.54) is 26.2 Å². The number of anilines is 1. The van der Waals surface area contributed by atoms with E-state index < -0.39 is 10.0 Å². The van der Waals surface area contributed by atoms with Gasteiger partial charge >= 0.3 is 0 Å². The molecule has 0 aliphatic carbocycles. The number of hydrogen-bond donors (Lipinski definition) is 2. The molecule has 0 bridgehead atoms. The van der Waals surface area contributed by atoms with Crippen LogP contribution in [-0.4, -0.2) is 63.4 Å². The molecule has 0 radical (unpaired) electrons. The largest absolute Gasteiger partial charge is 0.492 e. The lowest BCUT2D eigenvalue weighted by Crippen LogP contribution is -2.39. The normalized spacial score (nSPS) is 18.2. The summed E-state index contributed by atoms with van der Waals surface area (Å²) in [6.07, 6.45) is 0.337. The van der Waals surface area contributed by atoms with Crippen molar-refractivity contribution in [2.24, 2.45) is 0 Å². The molecule has 1 saturated heterocycles. The lowest BCUT2D eigenvalue weighted by Gasteiger charge is -2.23. The second-order valence-corrected chi connectivity index (χ2v) is 9.16. The van der Waals surface area contributed by atoms with Crippen LogP contribution in [0.3, 0.4) is 0 Å². The van der Waals surface area contributed by atoms with Gasteiger partial charge in [-0.25, -0.2) is 12.7 Å². The zero-order chi connectivity index (χ0) is 18.4. The number of benzene rings is 1. The van der Waals surface area contributed by atoms with Gasteiger partial charge in [-0.1, -0.05) is 0 Å². The highest BCUT2D eigenvalue weighted by Crippen LogP contribution is 2.29. The smallest absolute Gasteiger partial charge is 0.242 e. The van der Waals surface area contributed by atoms with Crippen LogP contribution in [0.4, 0.5) is 5.69 Å². The van der Waals surface area contributed by atoms with Crippen molar-refractivity contribution in [3.63, 3.8) is 0 Å². The number of hydrogen-bond acceptors (Lipinski definition) is 6. The summed E-state index contributed by atoms with van der Waals surface area (Å²) < 4.78 is 31.3. The van der Waals surface area contributed by atoms with Crippen LogP contribution < -0.4 is 15.4 Å². The Labute approximate surface area is 153 Å². The van der Waals surface area contributed by atoms with Crippen LogP contribution in [0.5, 0.6) is 5.75 Å². The Morgan fingerprint density at radius 3 is 2.80 bits per heavy atom. The minimum atomic E-state index is -3.58. The zero-order valence-electron chi connectivity index (χ0n) is 14.7. The van der Waals surface area contributed by atoms with Crippen molar-refractivity contribution in [3.05, 3.63) is 18.2 Å². The van der Waals surface area contributed by atoms with Crippen LogP contribution in [0.25, 0.3) is 0 Å². The number of ether oxygens (including phenoxy) is 1. The highest BCUT2D eigenvalue weighted by atomic mass is 32.2. The van der Waals surface area contributed by atoms with Gasteiger partial charge in [-0.05, 0) is 25.1 Å². The lowest BCUT2D eigenvalue weighted by molar-refractivity contribution is -0.116. The van der Waals surface area contributed by atoms with Crippen LogP contribution in [0.1, 0.15) is 13.3 Å². The molecule has 1 aromatic carbocycles. The Bertz CT molecular complexity index is 701. The molecule has 0 saturated carbocycles. The van der Waals surface area contributed by atoms with Gasteiger partial charge in [0.05, 0.1) is 17.2 Å². The van der Waals surface area contributed by atoms with Crippen LogP contribution in [0.2, 0.25) is 0 Å². The minimum Gasteiger partial charge on any atom is -0.492 e. The molecule has 1 fully saturated rings. The van der Waals surface area contributed by atoms with Gasteiger partial charge in [0.15, 0.2) is 0 Å². The van der Waals surface area contributed by atoms with Gasteiger partial charge in [-0.15, -0.1) is 0 Å². The predicted molar refractivity (Wildman–Crippen MR) is 101 cm³/mol. The van der Waals surface area contributed by atoms with Crippen molar-refractivity contribution in [1.29, 1.82) is 0 Å². The van der Waals surface area contributed by atoms with E-state index in [0.29, 0.717) is 24.5 Å². The van der Waals surface area contributed by atoms with E-state index in [1.54, 1.807) is 6.07 Å². The molecular weight excluding hydrogens is 362 g/mol. The topological polar surface area (TPSA) is 87.7 Å². The summed E-state index contributed by atoms with van der Waals surface area (Å²) in [5.41, 5.74) is 0.373. The molecule has 1 heterocycles. The first-order valence-corrected chi connectivity index (χ1v) is 10.7. The number of thioether (sulfide) groups is 1. The van der Waals surface area contributed by atoms with Gasteiger partial charge in [-0.2, -0.15) is 11.8 Å². The minimum absolute atomic E-state index is 0.114. The van der Waals surface area contributed by atoms with E-state index in [9.17, 15) is 13.2 Å². The van der Waals surface area contributed by atoms with E-state index in [2.05, 4.69) is 10.6 Å². The summed E-state index contributed by atoms with van der Waals surface area (Å²) in [4.78, 5) is 12.5. The molecule has 140 valence electrons. The molecule has 1 unspecified atom stereocenters. The third-order valence-electron chi connectivity index (χ3n) is 3.73. The van der Waals surface area contributed by atoms with Crippen molar-refractivity contribution in [2.45, 2.75) is 24.3 Å². The van der Waals surface area contributed by atoms with E-state index >= 15 is 0 Å². The number of carbonyl (C=O) groups is 1. The SMILES string of the molecule is CCOc1ccc(S(=O)(=O)N(C)C)cc1NC(=O)CC1CSCCN1. The molecule has 1 aliphatic heterocycles. The Morgan fingerprint density at radius 2 is 2.20 bits per heavy atom. The Hall–Kier alpha value is -1.29. The van der Waals surface area contributed by atoms with Gasteiger partial charge in [0.2, 0.25) is 15.9 Å². The van der Waals surface area contributed by atoms with Gasteiger partial charge in [0.25, 0.3) is 0 Å². The first-order valence-electron chi connectivity index (χ1n) is 8.15. The van der Waals surface area contributed by atoms with Gasteiger partial charge in [0.1, 0.15) is 5.75 Å². The molecule has 0 spiro atoms. The standard InChI is InChI=1S/C16H25N3O4S2/c1-4-23-15-6-5-13(25(21,22)19(2)3)10-14(15)18-16(20)9-12-11-24-8-7-17-12/h5-6,10,12,17H,4,7-9,11H2,1-3H3,(H,18,20). The first-order chi connectivity index (χ1) is 11.8. The fourth-order valence-corrected chi connectivity index (χ4v) is 4.31. The number of sulfonamides is 1. The molecule has 0 aromatic heterocycles. The maximum Gasteiger partial charge on any atom is 0.242 e. The van der Waals surface area contributed by atoms with Crippen LogP contribution in [0, 0.1) is 0 Å². The fraction of sp³-hybridized carbons (Fsp3) is 0.562. The maximum atomic E-state index is 12.4. The average molecular weight is 388 g/mol. The Kier molecular flexibility index (Phi) is 7.12. The first kappa shape index (κ1) is 20.0. The fourth-order valence-electron chi connectivity index (χ4n) is 2.44. The number of rotatable bonds is 7. The second kappa shape index (κ2) is 8.88. The zero-order valence-corrected chi connectivity index (χ0v) is 16.4. The Balaban J connectivity index is 2.19. The lowest BCUT2D eigenvalue weighted by atomic mass is 10.2. The highest BCUT2D eigenvalue weighted by Gasteiger charge is 2.21. The number of carbonyl (C=O) groups excluding carboxylic acids is 1. The van der Waals surface area contributed by atoms with Gasteiger partial charge in [-0.3, -0.25) is 4.79 Å². The summed E-state index contributed by atoms with van der Waals surface area (Å²) in [5, 5.41) is 6.11. The van der Waals surface area contributed by atoms with Crippen molar-refractivity contribution >= 4 is 33.4 Å². The second-order valence-electron chi connectivity index (χ2n) is 5.86. The van der Waals surface area contributed by atoms with Crippen LogP contribution in [-0.2, 0) is 14.8 Å². The molecule has 1 aromatic rings. The quantitative estimate of drug-likeness (QED) is 0.735. The molecule has 7 nitrogen and oxygen atoms in total. The van der Waals surface area contributed by atoms with E-state index in [1.807, 2.05) is 18.7 Å². The van der Waals surface area contributed by atoms with E-state index in [0.717, 1.165) is 22.4 Å². The molecule has 9 heteroatoms. The van der Waals surface area contributed by atoms with Crippen LogP contribution >= 0.6 is 11.8 Å². The summed E-state index contributed by atoms with van der Waals surface area (Å²) in [6, 6.07) is 4.63. The summed E-state index contributed by atoms with van der Waals surface area (Å²) in [6.45, 7) is 3.14. The molecule has 2 N–H and O–H groups in total. The van der Waals surface area contributed by atoms with Crippen molar-refractivity contribution in [3.8, 4) is 5.75 Å². The van der Waals surface area contributed by atoms with Gasteiger partial charge < -0.3 is 15.4 Å². The van der Waals surface area contributed by atoms with Crippen molar-refractivity contribution < 1.29 is 17.9 Å². The third-order valence-corrected chi connectivity index (χ3v) is 6.68. The number of nitrogens with zero attached hydrogens (tertiary/aromatic N) is 1. The monoisotopic (exact) mass is 387 g/mol. The Morgan fingerprint density at radius 1 is 1.44 bits per heavy atom. The van der Waals surface area contributed by atoms with E-state index in [4.69, 9.17) is 4.74 Å². The number of nitrogens with one attached hydrogen (secondary N) is 2. The van der Waals surface area contributed by atoms with Crippen LogP contribution in [0.15, 0.2) is 23.1 Å². The highest BCUT2D eigenvalue weighted by molar-refractivity contribution is 7.99. The number of amides is 1. The summed E-state index contributed by atoms with van der Waals surface area (Å²) in [5.74, 6) is 2.23. The van der Waals surface area contributed by atoms with Crippen molar-refractivity contribution in [1.82, 2.24) is 9.62 Å². The molecule has 25 heavy (non-hydrogen) atoms. The van der Waals surface area contributed by atoms with Gasteiger partial charge in [0, 0.05) is 44.6 Å². The predicted octanol–water partition coefficient (Wildman–Crippen LogP) is 1.37. The third kappa shape index (κ3) is 5.34. The van der Waals surface area contributed by atoms with E-state index in [-0.39, 0.29) is 16.8 Å². The maximum absolute atomic E-state index is 12.4. The average Bonchev–Trinajstić information content (AvgIpc) is 2.57. The summed E-state index contributed by atoms with van der Waals surface area (Å²) >= 11 is 1.82. The molecule has 1 amide bonds. The summed E-state index contributed by atoms with van der Waals surface area (Å²) in [7, 11) is -0.646. The molecule has 1 atom stereocenters. The molecule has 2 rings (SSSR count). The molecular formula is C16H25N3O4S2. The van der Waals surface area contributed by atoms with Crippen molar-refractivity contribution in [2.75, 3.05) is 44.1 Å².